The Morgan fingerprint density at radius 3 is 2.70 bits per heavy atom. The molecule has 30 heavy (non-hydrogen) atoms. The summed E-state index contributed by atoms with van der Waals surface area (Å²) >= 11 is 7.02. The van der Waals surface area contributed by atoms with Gasteiger partial charge < -0.3 is 5.11 Å². The number of H-pyrrole nitrogens is 1. The van der Waals surface area contributed by atoms with Gasteiger partial charge in [-0.25, -0.2) is 0 Å². The van der Waals surface area contributed by atoms with Gasteiger partial charge in [0.05, 0.1) is 11.4 Å². The molecule has 0 radical (unpaired) electrons. The highest BCUT2D eigenvalue weighted by atomic mass is 32.2. The number of aromatic nitrogens is 2. The van der Waals surface area contributed by atoms with Gasteiger partial charge in [0.2, 0.25) is 5.88 Å². The summed E-state index contributed by atoms with van der Waals surface area (Å²) in [6, 6.07) is 18.1. The van der Waals surface area contributed by atoms with Crippen molar-refractivity contribution >= 4 is 35.4 Å². The second kappa shape index (κ2) is 9.02. The molecule has 0 amide bonds. The van der Waals surface area contributed by atoms with E-state index in [4.69, 9.17) is 17.2 Å². The maximum absolute atomic E-state index is 12.9. The number of aromatic hydroxyl groups is 1. The number of thioether (sulfide) groups is 1. The summed E-state index contributed by atoms with van der Waals surface area (Å²) in [7, 11) is 0. The zero-order valence-electron chi connectivity index (χ0n) is 16.7. The van der Waals surface area contributed by atoms with Crippen molar-refractivity contribution in [1.82, 2.24) is 9.55 Å². The van der Waals surface area contributed by atoms with Crippen LogP contribution in [0.2, 0.25) is 0 Å². The van der Waals surface area contributed by atoms with Gasteiger partial charge in [-0.1, -0.05) is 55.8 Å². The van der Waals surface area contributed by atoms with Gasteiger partial charge in [-0.3, -0.25) is 19.3 Å². The molecule has 0 spiro atoms. The molecule has 3 aromatic rings. The molecule has 1 aliphatic rings. The second-order valence-electron chi connectivity index (χ2n) is 7.21. The predicted molar refractivity (Wildman–Crippen MR) is 125 cm³/mol. The van der Waals surface area contributed by atoms with Crippen LogP contribution in [-0.2, 0) is 6.54 Å². The van der Waals surface area contributed by atoms with Crippen LogP contribution in [0.5, 0.6) is 5.88 Å². The van der Waals surface area contributed by atoms with Crippen LogP contribution < -0.4 is 5.56 Å². The van der Waals surface area contributed by atoms with Gasteiger partial charge in [-0.2, -0.15) is 0 Å². The normalized spacial score (nSPS) is 15.9. The number of aromatic amines is 1. The van der Waals surface area contributed by atoms with E-state index in [2.05, 4.69) is 24.0 Å². The van der Waals surface area contributed by atoms with Gasteiger partial charge in [0.1, 0.15) is 5.56 Å². The van der Waals surface area contributed by atoms with Crippen molar-refractivity contribution in [3.63, 3.8) is 0 Å². The lowest BCUT2D eigenvalue weighted by molar-refractivity contribution is 0.398. The van der Waals surface area contributed by atoms with Crippen LogP contribution in [0.4, 0.5) is 5.69 Å². The van der Waals surface area contributed by atoms with E-state index >= 15 is 0 Å². The molecular weight excluding hydrogens is 414 g/mol. The number of para-hydroxylation sites is 1. The van der Waals surface area contributed by atoms with Crippen LogP contribution in [0.1, 0.15) is 42.6 Å². The zero-order valence-corrected chi connectivity index (χ0v) is 18.3. The van der Waals surface area contributed by atoms with Crippen molar-refractivity contribution in [2.24, 2.45) is 4.99 Å². The predicted octanol–water partition coefficient (Wildman–Crippen LogP) is 5.77. The Kier molecular flexibility index (Phi) is 6.20. The Labute approximate surface area is 184 Å². The second-order valence-corrected chi connectivity index (χ2v) is 8.84. The molecule has 154 valence electrons. The van der Waals surface area contributed by atoms with Crippen molar-refractivity contribution in [2.45, 2.75) is 42.9 Å². The number of nitrogens with one attached hydrogen (secondary N) is 1. The number of hydrogen-bond acceptors (Lipinski definition) is 5. The number of aliphatic imine (C=N–C) groups is 1. The van der Waals surface area contributed by atoms with E-state index in [1.165, 1.54) is 0 Å². The number of hydrogen-bond donors (Lipinski definition) is 2. The Balaban J connectivity index is 1.88. The topological polar surface area (TPSA) is 70.4 Å². The Bertz CT molecular complexity index is 1200. The van der Waals surface area contributed by atoms with Crippen LogP contribution in [0, 0.1) is 4.77 Å². The first-order valence-corrected chi connectivity index (χ1v) is 11.3. The molecule has 0 fully saturated rings. The quantitative estimate of drug-likeness (QED) is 0.497. The molecule has 0 aliphatic carbocycles. The Hall–Kier alpha value is -2.64. The highest BCUT2D eigenvalue weighted by Crippen LogP contribution is 2.45. The summed E-state index contributed by atoms with van der Waals surface area (Å²) in [5, 5.41) is 11.1. The third-order valence-electron chi connectivity index (χ3n) is 5.14. The minimum Gasteiger partial charge on any atom is -0.494 e. The molecule has 7 heteroatoms. The maximum Gasteiger partial charge on any atom is 0.264 e. The van der Waals surface area contributed by atoms with Gasteiger partial charge in [-0.15, -0.1) is 11.8 Å². The minimum atomic E-state index is -0.403. The molecule has 1 aliphatic heterocycles. The monoisotopic (exact) mass is 437 g/mol. The van der Waals surface area contributed by atoms with Crippen molar-refractivity contribution in [3.8, 4) is 5.88 Å². The molecule has 5 nitrogen and oxygen atoms in total. The lowest BCUT2D eigenvalue weighted by Gasteiger charge is -2.17. The van der Waals surface area contributed by atoms with Crippen LogP contribution >= 0.6 is 24.0 Å². The molecule has 0 saturated heterocycles. The van der Waals surface area contributed by atoms with E-state index in [9.17, 15) is 9.90 Å². The fourth-order valence-corrected chi connectivity index (χ4v) is 5.07. The van der Waals surface area contributed by atoms with Gasteiger partial charge in [0.25, 0.3) is 5.56 Å². The fourth-order valence-electron chi connectivity index (χ4n) is 3.57. The molecule has 1 atom stereocenters. The lowest BCUT2D eigenvalue weighted by Crippen LogP contribution is -2.24. The van der Waals surface area contributed by atoms with Crippen molar-refractivity contribution in [2.75, 3.05) is 0 Å². The SMILES string of the molecule is CCCCn1c(O)c(C2=Nc3ccccc3SC(c3ccccc3)C2)c(=O)[nH]c1=S. The number of rotatable bonds is 5. The zero-order chi connectivity index (χ0) is 21.1. The summed E-state index contributed by atoms with van der Waals surface area (Å²) in [4.78, 5) is 21.5. The van der Waals surface area contributed by atoms with E-state index < -0.39 is 5.56 Å². The molecule has 0 bridgehead atoms. The standard InChI is InChI=1S/C23H23N3O2S2/c1-2-3-13-26-22(28)20(21(27)25-23(26)29)17-14-19(15-9-5-4-6-10-15)30-18-12-8-7-11-16(18)24-17/h4-12,19,28H,2-3,13-14H2,1H3,(H,25,27,29). The number of unbranched alkanes of at least 4 members (excludes halogenated alkanes) is 1. The van der Waals surface area contributed by atoms with Gasteiger partial charge in [0, 0.05) is 23.1 Å². The van der Waals surface area contributed by atoms with Gasteiger partial charge in [0.15, 0.2) is 4.77 Å². The third kappa shape index (κ3) is 4.13. The molecular formula is C23H23N3O2S2. The fraction of sp³-hybridized carbons (Fsp3) is 0.261. The van der Waals surface area contributed by atoms with Crippen LogP contribution in [0.25, 0.3) is 0 Å². The molecule has 1 aromatic heterocycles. The number of nitrogens with zero attached hydrogens (tertiary/aromatic N) is 2. The van der Waals surface area contributed by atoms with Crippen LogP contribution in [0.15, 0.2) is 69.3 Å². The molecule has 2 aromatic carbocycles. The highest BCUT2D eigenvalue weighted by Gasteiger charge is 2.26. The first-order chi connectivity index (χ1) is 14.6. The number of benzene rings is 2. The molecule has 2 heterocycles. The summed E-state index contributed by atoms with van der Waals surface area (Å²) in [6.07, 6.45) is 2.33. The van der Waals surface area contributed by atoms with E-state index in [1.807, 2.05) is 42.5 Å². The molecule has 0 saturated carbocycles. The molecule has 2 N–H and O–H groups in total. The van der Waals surface area contributed by atoms with E-state index in [0.29, 0.717) is 18.7 Å². The molecule has 4 rings (SSSR count). The first kappa shape index (κ1) is 20.6. The smallest absolute Gasteiger partial charge is 0.264 e. The summed E-state index contributed by atoms with van der Waals surface area (Å²) in [5.41, 5.74) is 2.33. The Morgan fingerprint density at radius 2 is 1.93 bits per heavy atom. The largest absolute Gasteiger partial charge is 0.494 e. The van der Waals surface area contributed by atoms with E-state index in [1.54, 1.807) is 16.3 Å². The van der Waals surface area contributed by atoms with Gasteiger partial charge >= 0.3 is 0 Å². The van der Waals surface area contributed by atoms with E-state index in [0.717, 1.165) is 29.0 Å². The van der Waals surface area contributed by atoms with Crippen molar-refractivity contribution in [1.29, 1.82) is 0 Å². The summed E-state index contributed by atoms with van der Waals surface area (Å²) < 4.78 is 1.83. The maximum atomic E-state index is 12.9. The number of fused-ring (bicyclic) bond motifs is 1. The van der Waals surface area contributed by atoms with Gasteiger partial charge in [-0.05, 0) is 36.3 Å². The average Bonchev–Trinajstić information content (AvgIpc) is 2.93. The van der Waals surface area contributed by atoms with Crippen molar-refractivity contribution in [3.05, 3.63) is 80.8 Å². The molecule has 1 unspecified atom stereocenters. The van der Waals surface area contributed by atoms with E-state index in [-0.39, 0.29) is 21.5 Å². The summed E-state index contributed by atoms with van der Waals surface area (Å²) in [5.74, 6) is -0.104. The third-order valence-corrected chi connectivity index (χ3v) is 6.78. The average molecular weight is 438 g/mol. The summed E-state index contributed by atoms with van der Waals surface area (Å²) in [6.45, 7) is 2.62. The van der Waals surface area contributed by atoms with Crippen molar-refractivity contribution < 1.29 is 5.11 Å². The van der Waals surface area contributed by atoms with Crippen LogP contribution in [-0.4, -0.2) is 20.4 Å². The highest BCUT2D eigenvalue weighted by molar-refractivity contribution is 7.99. The Morgan fingerprint density at radius 1 is 1.20 bits per heavy atom. The lowest BCUT2D eigenvalue weighted by atomic mass is 10.0. The van der Waals surface area contributed by atoms with Crippen LogP contribution in [0.3, 0.4) is 0 Å². The first-order valence-electron chi connectivity index (χ1n) is 10.0. The minimum absolute atomic E-state index is 0.0691.